The van der Waals surface area contributed by atoms with Crippen molar-refractivity contribution in [3.05, 3.63) is 79.6 Å². The van der Waals surface area contributed by atoms with E-state index in [-0.39, 0.29) is 24.4 Å². The topological polar surface area (TPSA) is 65.5 Å². The molecule has 4 heterocycles. The number of hydrogen-bond donors (Lipinski definition) is 0. The number of thiophene rings is 2. The Balaban J connectivity index is 1.37. The maximum atomic E-state index is 13.7. The van der Waals surface area contributed by atoms with Crippen LogP contribution in [-0.4, -0.2) is 78.3 Å². The Morgan fingerprint density at radius 2 is 1.81 bits per heavy atom. The van der Waals surface area contributed by atoms with Gasteiger partial charge in [0.25, 0.3) is 11.8 Å². The van der Waals surface area contributed by atoms with Crippen molar-refractivity contribution in [3.63, 3.8) is 0 Å². The van der Waals surface area contributed by atoms with E-state index in [1.54, 1.807) is 27.3 Å². The lowest BCUT2D eigenvalue weighted by Gasteiger charge is -2.31. The van der Waals surface area contributed by atoms with Crippen molar-refractivity contribution in [2.75, 3.05) is 45.9 Å². The van der Waals surface area contributed by atoms with Crippen LogP contribution in [0, 0.1) is 0 Å². The van der Waals surface area contributed by atoms with Gasteiger partial charge in [-0.2, -0.15) is 5.10 Å². The fourth-order valence-corrected chi connectivity index (χ4v) is 5.95. The summed E-state index contributed by atoms with van der Waals surface area (Å²) < 4.78 is 5.44. The highest BCUT2D eigenvalue weighted by Gasteiger charge is 2.35. The molecular formula is C26H27ClN4O3S2. The Labute approximate surface area is 223 Å². The molecule has 188 valence electrons. The Bertz CT molecular complexity index is 1190. The molecule has 1 fully saturated rings. The lowest BCUT2D eigenvalue weighted by Crippen LogP contribution is -2.46. The molecule has 1 saturated heterocycles. The van der Waals surface area contributed by atoms with Gasteiger partial charge in [0.05, 0.1) is 34.7 Å². The van der Waals surface area contributed by atoms with Gasteiger partial charge in [-0.15, -0.1) is 22.7 Å². The second-order valence-electron chi connectivity index (χ2n) is 8.69. The Hall–Kier alpha value is -2.56. The first-order chi connectivity index (χ1) is 17.6. The average Bonchev–Trinajstić information content (AvgIpc) is 3.69. The summed E-state index contributed by atoms with van der Waals surface area (Å²) in [6.45, 7) is 4.15. The molecule has 2 amide bonds. The first kappa shape index (κ1) is 25.1. The molecular weight excluding hydrogens is 516 g/mol. The van der Waals surface area contributed by atoms with Crippen LogP contribution in [0.1, 0.15) is 32.6 Å². The summed E-state index contributed by atoms with van der Waals surface area (Å²) in [5, 5.41) is 10.8. The molecule has 0 unspecified atom stereocenters. The van der Waals surface area contributed by atoms with Gasteiger partial charge in [-0.05, 0) is 40.6 Å². The van der Waals surface area contributed by atoms with Crippen molar-refractivity contribution in [1.82, 2.24) is 14.8 Å². The number of nitrogens with zero attached hydrogens (tertiary/aromatic N) is 4. The Morgan fingerprint density at radius 3 is 2.50 bits per heavy atom. The van der Waals surface area contributed by atoms with E-state index < -0.39 is 0 Å². The molecule has 0 saturated carbocycles. The Kier molecular flexibility index (Phi) is 8.13. The highest BCUT2D eigenvalue weighted by molar-refractivity contribution is 7.12. The minimum atomic E-state index is -0.246. The predicted octanol–water partition coefficient (Wildman–Crippen LogP) is 4.62. The highest BCUT2D eigenvalue weighted by atomic mass is 35.5. The van der Waals surface area contributed by atoms with Crippen molar-refractivity contribution in [3.8, 4) is 0 Å². The molecule has 0 N–H and O–H groups in total. The smallest absolute Gasteiger partial charge is 0.264 e. The monoisotopic (exact) mass is 542 g/mol. The van der Waals surface area contributed by atoms with Gasteiger partial charge in [0.15, 0.2) is 0 Å². The summed E-state index contributed by atoms with van der Waals surface area (Å²) in [4.78, 5) is 32.7. The number of hydrogen-bond acceptors (Lipinski definition) is 7. The van der Waals surface area contributed by atoms with Gasteiger partial charge in [0.2, 0.25) is 0 Å². The van der Waals surface area contributed by atoms with E-state index in [1.807, 2.05) is 53.2 Å². The van der Waals surface area contributed by atoms with Gasteiger partial charge < -0.3 is 9.64 Å². The zero-order chi connectivity index (χ0) is 24.9. The SMILES string of the molecule is O=C(c1cccs1)N(CCN1CCOCC1)CC(=O)N1N=C(c2cccs2)C[C@H]1c1ccc(Cl)cc1. The van der Waals surface area contributed by atoms with Crippen molar-refractivity contribution >= 4 is 51.8 Å². The van der Waals surface area contributed by atoms with Crippen LogP contribution in [0.15, 0.2) is 64.4 Å². The molecule has 10 heteroatoms. The molecule has 0 spiro atoms. The van der Waals surface area contributed by atoms with Crippen molar-refractivity contribution in [2.45, 2.75) is 12.5 Å². The third kappa shape index (κ3) is 5.87. The maximum absolute atomic E-state index is 13.7. The number of rotatable bonds is 8. The molecule has 7 nitrogen and oxygen atoms in total. The van der Waals surface area contributed by atoms with E-state index in [9.17, 15) is 9.59 Å². The van der Waals surface area contributed by atoms with Gasteiger partial charge in [0, 0.05) is 37.6 Å². The van der Waals surface area contributed by atoms with Crippen LogP contribution in [0.4, 0.5) is 0 Å². The number of morpholine rings is 1. The van der Waals surface area contributed by atoms with Crippen molar-refractivity contribution < 1.29 is 14.3 Å². The first-order valence-electron chi connectivity index (χ1n) is 11.9. The van der Waals surface area contributed by atoms with E-state index in [1.165, 1.54) is 11.3 Å². The molecule has 3 aromatic rings. The molecule has 2 aromatic heterocycles. The van der Waals surface area contributed by atoms with Gasteiger partial charge in [-0.1, -0.05) is 35.9 Å². The van der Waals surface area contributed by atoms with Crippen LogP contribution < -0.4 is 0 Å². The lowest BCUT2D eigenvalue weighted by atomic mass is 10.0. The molecule has 1 aromatic carbocycles. The predicted molar refractivity (Wildman–Crippen MR) is 144 cm³/mol. The number of carbonyl (C=O) groups is 2. The zero-order valence-electron chi connectivity index (χ0n) is 19.7. The van der Waals surface area contributed by atoms with Crippen LogP contribution >= 0.6 is 34.3 Å². The molecule has 1 atom stereocenters. The number of amides is 2. The molecule has 2 aliphatic rings. The fourth-order valence-electron chi connectivity index (χ4n) is 4.41. The molecule has 2 aliphatic heterocycles. The number of carbonyl (C=O) groups excluding carboxylic acids is 2. The summed E-state index contributed by atoms with van der Waals surface area (Å²) in [6, 6.07) is 15.0. The molecule has 5 rings (SSSR count). The van der Waals surface area contributed by atoms with Crippen molar-refractivity contribution in [2.24, 2.45) is 5.10 Å². The standard InChI is InChI=1S/C26H27ClN4O3S2/c27-20-7-5-19(6-8-20)22-17-21(23-3-1-15-35-23)28-31(22)25(32)18-30(26(33)24-4-2-16-36-24)10-9-29-11-13-34-14-12-29/h1-8,15-16,22H,9-14,17-18H2/t22-/m0/s1. The number of halogens is 1. The summed E-state index contributed by atoms with van der Waals surface area (Å²) in [5.41, 5.74) is 1.84. The minimum Gasteiger partial charge on any atom is -0.379 e. The van der Waals surface area contributed by atoms with E-state index >= 15 is 0 Å². The second kappa shape index (κ2) is 11.7. The third-order valence-corrected chi connectivity index (χ3v) is 8.39. The molecule has 0 radical (unpaired) electrons. The number of hydrazone groups is 1. The highest BCUT2D eigenvalue weighted by Crippen LogP contribution is 2.34. The van der Waals surface area contributed by atoms with Gasteiger partial charge >= 0.3 is 0 Å². The van der Waals surface area contributed by atoms with Crippen LogP contribution in [-0.2, 0) is 9.53 Å². The van der Waals surface area contributed by atoms with E-state index in [0.29, 0.717) is 42.6 Å². The Morgan fingerprint density at radius 1 is 1.06 bits per heavy atom. The van der Waals surface area contributed by atoms with E-state index in [0.717, 1.165) is 29.2 Å². The van der Waals surface area contributed by atoms with Crippen LogP contribution in [0.5, 0.6) is 0 Å². The number of benzene rings is 1. The molecule has 0 bridgehead atoms. The van der Waals surface area contributed by atoms with Crippen LogP contribution in [0.25, 0.3) is 0 Å². The van der Waals surface area contributed by atoms with Crippen LogP contribution in [0.2, 0.25) is 5.02 Å². The third-order valence-electron chi connectivity index (χ3n) is 6.36. The summed E-state index contributed by atoms with van der Waals surface area (Å²) in [6.07, 6.45) is 0.612. The largest absolute Gasteiger partial charge is 0.379 e. The summed E-state index contributed by atoms with van der Waals surface area (Å²) >= 11 is 9.11. The quantitative estimate of drug-likeness (QED) is 0.417. The van der Waals surface area contributed by atoms with Gasteiger partial charge in [-0.25, -0.2) is 5.01 Å². The van der Waals surface area contributed by atoms with Gasteiger partial charge in [0.1, 0.15) is 6.54 Å². The molecule has 36 heavy (non-hydrogen) atoms. The fraction of sp³-hybridized carbons (Fsp3) is 0.346. The zero-order valence-corrected chi connectivity index (χ0v) is 22.1. The molecule has 0 aliphatic carbocycles. The first-order valence-corrected chi connectivity index (χ1v) is 14.0. The van der Waals surface area contributed by atoms with E-state index in [2.05, 4.69) is 4.90 Å². The van der Waals surface area contributed by atoms with Gasteiger partial charge in [-0.3, -0.25) is 14.5 Å². The van der Waals surface area contributed by atoms with Crippen LogP contribution in [0.3, 0.4) is 0 Å². The lowest BCUT2D eigenvalue weighted by molar-refractivity contribution is -0.133. The maximum Gasteiger partial charge on any atom is 0.264 e. The second-order valence-corrected chi connectivity index (χ2v) is 11.0. The number of ether oxygens (including phenoxy) is 1. The van der Waals surface area contributed by atoms with E-state index in [4.69, 9.17) is 21.4 Å². The summed E-state index contributed by atoms with van der Waals surface area (Å²) in [7, 11) is 0. The normalized spacial score (nSPS) is 18.3. The average molecular weight is 543 g/mol. The van der Waals surface area contributed by atoms with Crippen molar-refractivity contribution in [1.29, 1.82) is 0 Å². The minimum absolute atomic E-state index is 0.0353. The summed E-state index contributed by atoms with van der Waals surface area (Å²) in [5.74, 6) is -0.329.